The summed E-state index contributed by atoms with van der Waals surface area (Å²) in [5.74, 6) is -0.794. The SMILES string of the molecule is CCOC(=O)CCS(=O)(=O)NCCNCC(C)O. The minimum absolute atomic E-state index is 0.149. The van der Waals surface area contributed by atoms with Crippen molar-refractivity contribution in [2.45, 2.75) is 26.4 Å². The largest absolute Gasteiger partial charge is 0.466 e. The first-order valence-electron chi connectivity index (χ1n) is 5.89. The Balaban J connectivity index is 3.71. The Labute approximate surface area is 108 Å². The van der Waals surface area contributed by atoms with E-state index in [4.69, 9.17) is 5.11 Å². The number of hydrogen-bond donors (Lipinski definition) is 3. The summed E-state index contributed by atoms with van der Waals surface area (Å²) in [6.07, 6.45) is -0.616. The van der Waals surface area contributed by atoms with E-state index in [-0.39, 0.29) is 25.3 Å². The molecule has 0 rings (SSSR count). The molecule has 0 spiro atoms. The molecule has 0 aliphatic heterocycles. The lowest BCUT2D eigenvalue weighted by Crippen LogP contribution is -2.36. The number of nitrogens with one attached hydrogen (secondary N) is 2. The summed E-state index contributed by atoms with van der Waals surface area (Å²) in [7, 11) is -3.45. The molecule has 0 heterocycles. The quantitative estimate of drug-likeness (QED) is 0.344. The molecule has 0 saturated carbocycles. The lowest BCUT2D eigenvalue weighted by Gasteiger charge is -2.08. The van der Waals surface area contributed by atoms with Crippen LogP contribution < -0.4 is 10.0 Å². The van der Waals surface area contributed by atoms with E-state index in [0.29, 0.717) is 13.1 Å². The minimum Gasteiger partial charge on any atom is -0.466 e. The van der Waals surface area contributed by atoms with Crippen molar-refractivity contribution in [3.8, 4) is 0 Å². The number of sulfonamides is 1. The van der Waals surface area contributed by atoms with Gasteiger partial charge in [0.25, 0.3) is 0 Å². The van der Waals surface area contributed by atoms with Crippen molar-refractivity contribution >= 4 is 16.0 Å². The number of esters is 1. The lowest BCUT2D eigenvalue weighted by molar-refractivity contribution is -0.142. The highest BCUT2D eigenvalue weighted by atomic mass is 32.2. The molecule has 0 radical (unpaired) electrons. The van der Waals surface area contributed by atoms with Crippen LogP contribution in [0.5, 0.6) is 0 Å². The van der Waals surface area contributed by atoms with E-state index in [2.05, 4.69) is 14.8 Å². The van der Waals surface area contributed by atoms with Crippen molar-refractivity contribution in [3.63, 3.8) is 0 Å². The predicted molar refractivity (Wildman–Crippen MR) is 67.6 cm³/mol. The van der Waals surface area contributed by atoms with E-state index in [0.717, 1.165) is 0 Å². The van der Waals surface area contributed by atoms with Gasteiger partial charge in [0.1, 0.15) is 0 Å². The first-order chi connectivity index (χ1) is 8.37. The second kappa shape index (κ2) is 9.26. The molecule has 1 unspecified atom stereocenters. The van der Waals surface area contributed by atoms with Gasteiger partial charge in [0, 0.05) is 19.6 Å². The topological polar surface area (TPSA) is 105 Å². The molecular weight excluding hydrogens is 260 g/mol. The molecule has 0 amide bonds. The third kappa shape index (κ3) is 10.5. The number of aliphatic hydroxyl groups is 1. The van der Waals surface area contributed by atoms with Crippen LogP contribution in [0.15, 0.2) is 0 Å². The van der Waals surface area contributed by atoms with Crippen LogP contribution in [0.4, 0.5) is 0 Å². The van der Waals surface area contributed by atoms with Crippen LogP contribution in [0.3, 0.4) is 0 Å². The number of aliphatic hydroxyl groups excluding tert-OH is 1. The number of hydrogen-bond acceptors (Lipinski definition) is 6. The molecule has 0 aromatic rings. The summed E-state index contributed by atoms with van der Waals surface area (Å²) in [4.78, 5) is 11.0. The molecule has 0 saturated heterocycles. The predicted octanol–water partition coefficient (Wildman–Crippen LogP) is -1.17. The van der Waals surface area contributed by atoms with Crippen LogP contribution in [0.1, 0.15) is 20.3 Å². The van der Waals surface area contributed by atoms with Crippen LogP contribution >= 0.6 is 0 Å². The van der Waals surface area contributed by atoms with Gasteiger partial charge in [-0.1, -0.05) is 0 Å². The van der Waals surface area contributed by atoms with Crippen LogP contribution in [0.25, 0.3) is 0 Å². The summed E-state index contributed by atoms with van der Waals surface area (Å²) in [6.45, 7) is 4.59. The van der Waals surface area contributed by atoms with Crippen molar-refractivity contribution < 1.29 is 23.1 Å². The van der Waals surface area contributed by atoms with Crippen molar-refractivity contribution in [1.82, 2.24) is 10.0 Å². The van der Waals surface area contributed by atoms with Gasteiger partial charge in [0.2, 0.25) is 10.0 Å². The third-order valence-electron chi connectivity index (χ3n) is 1.94. The summed E-state index contributed by atoms with van der Waals surface area (Å²) in [5.41, 5.74) is 0. The molecule has 3 N–H and O–H groups in total. The molecule has 108 valence electrons. The molecule has 7 nitrogen and oxygen atoms in total. The first kappa shape index (κ1) is 17.3. The second-order valence-corrected chi connectivity index (χ2v) is 5.75. The Morgan fingerprint density at radius 1 is 1.39 bits per heavy atom. The van der Waals surface area contributed by atoms with Crippen LogP contribution in [-0.4, -0.2) is 57.6 Å². The maximum atomic E-state index is 11.4. The average Bonchev–Trinajstić information content (AvgIpc) is 2.26. The zero-order chi connectivity index (χ0) is 14.0. The average molecular weight is 282 g/mol. The summed E-state index contributed by atoms with van der Waals surface area (Å²) in [6, 6.07) is 0. The van der Waals surface area contributed by atoms with Gasteiger partial charge in [-0.2, -0.15) is 0 Å². The van der Waals surface area contributed by atoms with Gasteiger partial charge in [-0.05, 0) is 13.8 Å². The summed E-state index contributed by atoms with van der Waals surface area (Å²) < 4.78 is 29.9. The van der Waals surface area contributed by atoms with Crippen molar-refractivity contribution in [1.29, 1.82) is 0 Å². The maximum absolute atomic E-state index is 11.4. The van der Waals surface area contributed by atoms with Crippen molar-refractivity contribution in [2.75, 3.05) is 32.0 Å². The fourth-order valence-electron chi connectivity index (χ4n) is 1.13. The Morgan fingerprint density at radius 3 is 2.61 bits per heavy atom. The zero-order valence-corrected chi connectivity index (χ0v) is 11.6. The van der Waals surface area contributed by atoms with E-state index in [9.17, 15) is 13.2 Å². The highest BCUT2D eigenvalue weighted by molar-refractivity contribution is 7.89. The van der Waals surface area contributed by atoms with Crippen molar-refractivity contribution in [2.24, 2.45) is 0 Å². The maximum Gasteiger partial charge on any atom is 0.306 e. The molecular formula is C10H22N2O5S. The first-order valence-corrected chi connectivity index (χ1v) is 7.54. The van der Waals surface area contributed by atoms with E-state index >= 15 is 0 Å². The lowest BCUT2D eigenvalue weighted by atomic mass is 10.4. The van der Waals surface area contributed by atoms with Gasteiger partial charge in [-0.25, -0.2) is 13.1 Å². The Kier molecular flexibility index (Phi) is 8.90. The standard InChI is InChI=1S/C10H22N2O5S/c1-3-17-10(14)4-7-18(15,16)12-6-5-11-8-9(2)13/h9,11-13H,3-8H2,1-2H3. The molecule has 0 aromatic heterocycles. The van der Waals surface area contributed by atoms with E-state index in [1.54, 1.807) is 13.8 Å². The van der Waals surface area contributed by atoms with Crippen molar-refractivity contribution in [3.05, 3.63) is 0 Å². The van der Waals surface area contributed by atoms with E-state index in [1.807, 2.05) is 0 Å². The number of ether oxygens (including phenoxy) is 1. The van der Waals surface area contributed by atoms with Gasteiger partial charge in [0.15, 0.2) is 0 Å². The molecule has 1 atom stereocenters. The fraction of sp³-hybridized carbons (Fsp3) is 0.900. The molecule has 0 aromatic carbocycles. The summed E-state index contributed by atoms with van der Waals surface area (Å²) in [5, 5.41) is 11.8. The zero-order valence-electron chi connectivity index (χ0n) is 10.8. The van der Waals surface area contributed by atoms with Crippen LogP contribution in [0.2, 0.25) is 0 Å². The molecule has 0 aliphatic carbocycles. The van der Waals surface area contributed by atoms with E-state index in [1.165, 1.54) is 0 Å². The highest BCUT2D eigenvalue weighted by Crippen LogP contribution is 1.92. The minimum atomic E-state index is -3.45. The second-order valence-electron chi connectivity index (χ2n) is 3.82. The van der Waals surface area contributed by atoms with E-state index < -0.39 is 22.1 Å². The van der Waals surface area contributed by atoms with Gasteiger partial charge >= 0.3 is 5.97 Å². The molecule has 0 bridgehead atoms. The molecule has 0 aliphatic rings. The van der Waals surface area contributed by atoms with Gasteiger partial charge < -0.3 is 15.2 Å². The fourth-order valence-corrected chi connectivity index (χ4v) is 2.12. The number of carbonyl (C=O) groups is 1. The normalized spacial score (nSPS) is 13.3. The molecule has 18 heavy (non-hydrogen) atoms. The number of rotatable bonds is 10. The highest BCUT2D eigenvalue weighted by Gasteiger charge is 2.13. The molecule has 8 heteroatoms. The van der Waals surface area contributed by atoms with Gasteiger partial charge in [-0.15, -0.1) is 0 Å². The van der Waals surface area contributed by atoms with Crippen LogP contribution in [0, 0.1) is 0 Å². The van der Waals surface area contributed by atoms with Gasteiger partial charge in [-0.3, -0.25) is 4.79 Å². The Morgan fingerprint density at radius 2 is 2.06 bits per heavy atom. The molecule has 0 fully saturated rings. The number of carbonyl (C=O) groups excluding carboxylic acids is 1. The monoisotopic (exact) mass is 282 g/mol. The van der Waals surface area contributed by atoms with Crippen LogP contribution in [-0.2, 0) is 19.6 Å². The summed E-state index contributed by atoms with van der Waals surface area (Å²) >= 11 is 0. The third-order valence-corrected chi connectivity index (χ3v) is 3.33. The van der Waals surface area contributed by atoms with Gasteiger partial charge in [0.05, 0.1) is 24.9 Å². The smallest absolute Gasteiger partial charge is 0.306 e. The Bertz CT molecular complexity index is 329. The Hall–Kier alpha value is -0.700.